The molecule has 0 spiro atoms. The smallest absolute Gasteiger partial charge is 0.253 e. The molecule has 0 aliphatic carbocycles. The van der Waals surface area contributed by atoms with Gasteiger partial charge in [0.1, 0.15) is 0 Å². The van der Waals surface area contributed by atoms with E-state index in [9.17, 15) is 14.7 Å². The number of aliphatic hydroxyl groups is 1. The lowest BCUT2D eigenvalue weighted by Gasteiger charge is -2.40. The molecule has 2 aliphatic heterocycles. The van der Waals surface area contributed by atoms with Gasteiger partial charge in [0, 0.05) is 71.5 Å². The summed E-state index contributed by atoms with van der Waals surface area (Å²) in [6.07, 6.45) is 2.57. The summed E-state index contributed by atoms with van der Waals surface area (Å²) in [6.45, 7) is 6.96. The number of likely N-dealkylation sites (tertiary alicyclic amines) is 1. The number of aliphatic hydroxyl groups excluding tert-OH is 1. The Morgan fingerprint density at radius 2 is 1.84 bits per heavy atom. The molecule has 4 rings (SSSR count). The van der Waals surface area contributed by atoms with E-state index in [4.69, 9.17) is 4.74 Å². The molecule has 2 aliphatic rings. The van der Waals surface area contributed by atoms with E-state index in [0.717, 1.165) is 30.5 Å². The molecule has 9 nitrogen and oxygen atoms in total. The highest BCUT2D eigenvalue weighted by Gasteiger charge is 2.33. The largest absolute Gasteiger partial charge is 0.391 e. The Morgan fingerprint density at radius 1 is 1.09 bits per heavy atom. The molecule has 174 valence electrons. The maximum absolute atomic E-state index is 13.2. The van der Waals surface area contributed by atoms with Gasteiger partial charge in [-0.05, 0) is 31.0 Å². The number of aromatic nitrogens is 2. The topological polar surface area (TPSA) is 91.1 Å². The first-order valence-corrected chi connectivity index (χ1v) is 11.4. The van der Waals surface area contributed by atoms with Crippen molar-refractivity contribution in [2.24, 2.45) is 0 Å². The average Bonchev–Trinajstić information content (AvgIpc) is 3.11. The van der Waals surface area contributed by atoms with Gasteiger partial charge in [0.05, 0.1) is 30.1 Å². The van der Waals surface area contributed by atoms with E-state index in [2.05, 4.69) is 9.88 Å². The third kappa shape index (κ3) is 4.79. The second-order valence-electron chi connectivity index (χ2n) is 8.68. The van der Waals surface area contributed by atoms with Crippen LogP contribution in [0.5, 0.6) is 0 Å². The van der Waals surface area contributed by atoms with Gasteiger partial charge in [-0.1, -0.05) is 0 Å². The van der Waals surface area contributed by atoms with Crippen molar-refractivity contribution < 1.29 is 19.4 Å². The summed E-state index contributed by atoms with van der Waals surface area (Å²) in [4.78, 5) is 35.2. The molecule has 0 saturated carbocycles. The third-order valence-electron chi connectivity index (χ3n) is 6.75. The Balaban J connectivity index is 1.40. The second kappa shape index (κ2) is 9.97. The summed E-state index contributed by atoms with van der Waals surface area (Å²) < 4.78 is 7.16. The number of amides is 2. The van der Waals surface area contributed by atoms with Crippen molar-refractivity contribution in [3.8, 4) is 0 Å². The van der Waals surface area contributed by atoms with E-state index in [1.807, 2.05) is 32.6 Å². The number of nitrogens with zero attached hydrogens (tertiary/aromatic N) is 5. The minimum Gasteiger partial charge on any atom is -0.391 e. The molecule has 0 bridgehead atoms. The number of piperazine rings is 1. The lowest BCUT2D eigenvalue weighted by atomic mass is 10.0. The summed E-state index contributed by atoms with van der Waals surface area (Å²) >= 11 is 0. The van der Waals surface area contributed by atoms with Crippen LogP contribution in [0.2, 0.25) is 0 Å². The van der Waals surface area contributed by atoms with Gasteiger partial charge in [-0.3, -0.25) is 14.5 Å². The van der Waals surface area contributed by atoms with Gasteiger partial charge in [-0.2, -0.15) is 0 Å². The summed E-state index contributed by atoms with van der Waals surface area (Å²) in [5.41, 5.74) is 2.40. The van der Waals surface area contributed by atoms with Crippen molar-refractivity contribution in [2.75, 3.05) is 53.0 Å². The molecule has 0 unspecified atom stereocenters. The first-order valence-electron chi connectivity index (χ1n) is 11.4. The first kappa shape index (κ1) is 22.7. The average molecular weight is 444 g/mol. The zero-order chi connectivity index (χ0) is 22.7. The molecule has 1 aromatic heterocycles. The number of imidazole rings is 1. The van der Waals surface area contributed by atoms with E-state index in [0.29, 0.717) is 51.3 Å². The molecule has 9 heteroatoms. The van der Waals surface area contributed by atoms with Crippen molar-refractivity contribution in [3.63, 3.8) is 0 Å². The standard InChI is InChI=1S/C23H33N5O4/c1-17(29)25-9-11-26(12-10-25)21-5-7-27(8-6-22(21)30)23(31)18-3-4-20-19(15-18)24-16-28(20)13-14-32-2/h3-4,15-16,21-22,30H,5-14H2,1-2H3/t21-,22-/m0/s1. The van der Waals surface area contributed by atoms with E-state index in [-0.39, 0.29) is 17.9 Å². The highest BCUT2D eigenvalue weighted by molar-refractivity contribution is 5.97. The quantitative estimate of drug-likeness (QED) is 0.736. The molecule has 2 amide bonds. The SMILES string of the molecule is COCCn1cnc2cc(C(=O)N3CC[C@H](O)[C@@H](N4CCN(C(C)=O)CC4)CC3)ccc21. The lowest BCUT2D eigenvalue weighted by molar-refractivity contribution is -0.131. The van der Waals surface area contributed by atoms with Gasteiger partial charge in [0.2, 0.25) is 5.91 Å². The second-order valence-corrected chi connectivity index (χ2v) is 8.68. The van der Waals surface area contributed by atoms with Crippen LogP contribution >= 0.6 is 0 Å². The zero-order valence-corrected chi connectivity index (χ0v) is 18.9. The van der Waals surface area contributed by atoms with Crippen LogP contribution in [0.15, 0.2) is 24.5 Å². The number of carbonyl (C=O) groups is 2. The molecule has 0 radical (unpaired) electrons. The number of fused-ring (bicyclic) bond motifs is 1. The molecule has 1 N–H and O–H groups in total. The van der Waals surface area contributed by atoms with Crippen molar-refractivity contribution in [2.45, 2.75) is 38.5 Å². The Hall–Kier alpha value is -2.49. The Bertz CT molecular complexity index is 953. The maximum atomic E-state index is 13.2. The van der Waals surface area contributed by atoms with Crippen LogP contribution in [0.25, 0.3) is 11.0 Å². The molecule has 2 atom stereocenters. The normalized spacial score (nSPS) is 22.8. The monoisotopic (exact) mass is 443 g/mol. The van der Waals surface area contributed by atoms with Crippen LogP contribution in [0.4, 0.5) is 0 Å². The van der Waals surface area contributed by atoms with E-state index in [1.165, 1.54) is 0 Å². The van der Waals surface area contributed by atoms with Gasteiger partial charge >= 0.3 is 0 Å². The molecule has 1 aromatic carbocycles. The fourth-order valence-corrected chi connectivity index (χ4v) is 4.82. The number of hydrogen-bond acceptors (Lipinski definition) is 6. The summed E-state index contributed by atoms with van der Waals surface area (Å²) in [5, 5.41) is 10.8. The fraction of sp³-hybridized carbons (Fsp3) is 0.609. The van der Waals surface area contributed by atoms with Crippen LogP contribution in [-0.2, 0) is 16.1 Å². The molecule has 2 aromatic rings. The number of carbonyl (C=O) groups excluding carboxylic acids is 2. The molecule has 3 heterocycles. The number of ether oxygens (including phenoxy) is 1. The summed E-state index contributed by atoms with van der Waals surface area (Å²) in [5.74, 6) is 0.0796. The number of rotatable bonds is 5. The Kier molecular flexibility index (Phi) is 7.07. The van der Waals surface area contributed by atoms with Gasteiger partial charge in [0.15, 0.2) is 0 Å². The number of hydrogen-bond donors (Lipinski definition) is 1. The minimum atomic E-state index is -0.476. The predicted octanol–water partition coefficient (Wildman–Crippen LogP) is 0.812. The lowest BCUT2D eigenvalue weighted by Crippen LogP contribution is -2.54. The number of benzene rings is 1. The van der Waals surface area contributed by atoms with E-state index in [1.54, 1.807) is 20.4 Å². The molecular formula is C23H33N5O4. The van der Waals surface area contributed by atoms with Crippen molar-refractivity contribution in [1.29, 1.82) is 0 Å². The van der Waals surface area contributed by atoms with Crippen LogP contribution in [0.1, 0.15) is 30.1 Å². The van der Waals surface area contributed by atoms with E-state index < -0.39 is 6.10 Å². The van der Waals surface area contributed by atoms with E-state index >= 15 is 0 Å². The van der Waals surface area contributed by atoms with Crippen LogP contribution in [0, 0.1) is 0 Å². The van der Waals surface area contributed by atoms with Crippen molar-refractivity contribution >= 4 is 22.8 Å². The summed E-state index contributed by atoms with van der Waals surface area (Å²) in [7, 11) is 1.67. The number of methoxy groups -OCH3 is 1. The molecule has 2 fully saturated rings. The zero-order valence-electron chi connectivity index (χ0n) is 18.9. The van der Waals surface area contributed by atoms with Gasteiger partial charge in [-0.25, -0.2) is 4.98 Å². The van der Waals surface area contributed by atoms with Gasteiger partial charge in [-0.15, -0.1) is 0 Å². The summed E-state index contributed by atoms with van der Waals surface area (Å²) in [6, 6.07) is 5.66. The fourth-order valence-electron chi connectivity index (χ4n) is 4.82. The Labute approximate surface area is 188 Å². The van der Waals surface area contributed by atoms with Crippen molar-refractivity contribution in [1.82, 2.24) is 24.3 Å². The molecule has 2 saturated heterocycles. The highest BCUT2D eigenvalue weighted by atomic mass is 16.5. The van der Waals surface area contributed by atoms with Crippen LogP contribution in [0.3, 0.4) is 0 Å². The first-order chi connectivity index (χ1) is 15.5. The van der Waals surface area contributed by atoms with Crippen LogP contribution < -0.4 is 0 Å². The third-order valence-corrected chi connectivity index (χ3v) is 6.75. The van der Waals surface area contributed by atoms with Gasteiger partial charge < -0.3 is 24.2 Å². The van der Waals surface area contributed by atoms with Crippen LogP contribution in [-0.4, -0.2) is 106 Å². The van der Waals surface area contributed by atoms with Crippen molar-refractivity contribution in [3.05, 3.63) is 30.1 Å². The minimum absolute atomic E-state index is 0.0147. The van der Waals surface area contributed by atoms with Gasteiger partial charge in [0.25, 0.3) is 5.91 Å². The maximum Gasteiger partial charge on any atom is 0.253 e. The highest BCUT2D eigenvalue weighted by Crippen LogP contribution is 2.22. The predicted molar refractivity (Wildman–Crippen MR) is 120 cm³/mol. The molecule has 32 heavy (non-hydrogen) atoms. The Morgan fingerprint density at radius 3 is 2.56 bits per heavy atom. The molecular weight excluding hydrogens is 410 g/mol.